The molecule has 28 heavy (non-hydrogen) atoms. The van der Waals surface area contributed by atoms with Crippen molar-refractivity contribution in [1.82, 2.24) is 9.97 Å². The van der Waals surface area contributed by atoms with Gasteiger partial charge in [-0.15, -0.1) is 0 Å². The molecule has 0 unspecified atom stereocenters. The lowest BCUT2D eigenvalue weighted by Crippen LogP contribution is -2.33. The number of nitrogens with two attached hydrogens (primary N) is 1. The van der Waals surface area contributed by atoms with E-state index in [0.29, 0.717) is 18.7 Å². The van der Waals surface area contributed by atoms with Gasteiger partial charge in [0.2, 0.25) is 0 Å². The third kappa shape index (κ3) is 3.02. The molecule has 0 amide bonds. The molecule has 0 aliphatic heterocycles. The third-order valence-electron chi connectivity index (χ3n) is 5.13. The van der Waals surface area contributed by atoms with Crippen LogP contribution in [0.2, 0.25) is 0 Å². The number of imidazole rings is 1. The van der Waals surface area contributed by atoms with Crippen LogP contribution >= 0.6 is 0 Å². The van der Waals surface area contributed by atoms with Crippen molar-refractivity contribution in [3.63, 3.8) is 0 Å². The minimum atomic E-state index is -0.731. The van der Waals surface area contributed by atoms with Crippen molar-refractivity contribution in [2.24, 2.45) is 5.73 Å². The Labute approximate surface area is 164 Å². The quantitative estimate of drug-likeness (QED) is 0.493. The van der Waals surface area contributed by atoms with Gasteiger partial charge in [0.15, 0.2) is 0 Å². The number of rotatable bonds is 6. The van der Waals surface area contributed by atoms with E-state index in [1.54, 1.807) is 0 Å². The van der Waals surface area contributed by atoms with Crippen molar-refractivity contribution >= 4 is 0 Å². The van der Waals surface area contributed by atoms with Gasteiger partial charge in [-0.25, -0.2) is 4.98 Å². The molecule has 0 atom stereocenters. The van der Waals surface area contributed by atoms with Crippen LogP contribution in [0.1, 0.15) is 28.1 Å². The van der Waals surface area contributed by atoms with Gasteiger partial charge in [0.1, 0.15) is 0 Å². The predicted molar refractivity (Wildman–Crippen MR) is 110 cm³/mol. The molecular formula is C24H22FN3. The van der Waals surface area contributed by atoms with E-state index in [1.165, 1.54) is 0 Å². The Balaban J connectivity index is 2.14. The number of nitrogens with one attached hydrogen (secondary N) is 1. The summed E-state index contributed by atoms with van der Waals surface area (Å²) >= 11 is 0. The maximum Gasteiger partial charge on any atom is 0.287 e. The van der Waals surface area contributed by atoms with Gasteiger partial charge in [-0.2, -0.15) is 4.39 Å². The number of aromatic amines is 1. The second kappa shape index (κ2) is 7.79. The van der Waals surface area contributed by atoms with Gasteiger partial charge in [0, 0.05) is 6.42 Å². The average molecular weight is 371 g/mol. The lowest BCUT2D eigenvalue weighted by Gasteiger charge is -2.36. The summed E-state index contributed by atoms with van der Waals surface area (Å²) in [6.45, 7) is 0.395. The van der Waals surface area contributed by atoms with Crippen molar-refractivity contribution in [3.8, 4) is 0 Å². The summed E-state index contributed by atoms with van der Waals surface area (Å²) in [6, 6.07) is 30.4. The topological polar surface area (TPSA) is 54.7 Å². The van der Waals surface area contributed by atoms with Crippen molar-refractivity contribution in [3.05, 3.63) is 125 Å². The molecule has 1 heterocycles. The highest BCUT2D eigenvalue weighted by Crippen LogP contribution is 2.45. The van der Waals surface area contributed by atoms with Crippen molar-refractivity contribution in [2.45, 2.75) is 11.8 Å². The van der Waals surface area contributed by atoms with E-state index in [4.69, 9.17) is 5.73 Å². The van der Waals surface area contributed by atoms with Crippen LogP contribution in [0.25, 0.3) is 0 Å². The smallest absolute Gasteiger partial charge is 0.287 e. The zero-order valence-electron chi connectivity index (χ0n) is 15.5. The first kappa shape index (κ1) is 18.1. The van der Waals surface area contributed by atoms with Crippen LogP contribution in [0, 0.1) is 6.08 Å². The van der Waals surface area contributed by atoms with Gasteiger partial charge in [-0.3, -0.25) is 0 Å². The number of hydrogen-bond acceptors (Lipinski definition) is 2. The molecule has 4 aromatic rings. The summed E-state index contributed by atoms with van der Waals surface area (Å²) in [5.74, 6) is 0. The Morgan fingerprint density at radius 1 is 0.750 bits per heavy atom. The summed E-state index contributed by atoms with van der Waals surface area (Å²) in [6.07, 6.45) is -0.102. The van der Waals surface area contributed by atoms with E-state index < -0.39 is 11.5 Å². The first-order valence-electron chi connectivity index (χ1n) is 9.38. The second-order valence-electron chi connectivity index (χ2n) is 6.74. The molecule has 3 nitrogen and oxygen atoms in total. The predicted octanol–water partition coefficient (Wildman–Crippen LogP) is 4.43. The maximum absolute atomic E-state index is 14.4. The molecular weight excluding hydrogens is 349 g/mol. The molecule has 0 saturated carbocycles. The molecule has 4 heteroatoms. The number of aromatic nitrogens is 2. The van der Waals surface area contributed by atoms with Gasteiger partial charge in [0.05, 0.1) is 16.8 Å². The summed E-state index contributed by atoms with van der Waals surface area (Å²) in [5.41, 5.74) is 9.57. The molecule has 140 valence electrons. The highest BCUT2D eigenvalue weighted by atomic mass is 19.1. The molecule has 0 saturated heterocycles. The highest BCUT2D eigenvalue weighted by molar-refractivity contribution is 5.59. The molecule has 3 N–H and O–H groups in total. The van der Waals surface area contributed by atoms with Gasteiger partial charge >= 0.3 is 0 Å². The van der Waals surface area contributed by atoms with E-state index in [0.717, 1.165) is 22.4 Å². The van der Waals surface area contributed by atoms with Crippen LogP contribution in [-0.2, 0) is 11.8 Å². The van der Waals surface area contributed by atoms with E-state index in [1.807, 2.05) is 54.6 Å². The lowest BCUT2D eigenvalue weighted by molar-refractivity contribution is 0.544. The fraction of sp³-hybridized carbons (Fsp3) is 0.125. The van der Waals surface area contributed by atoms with E-state index >= 15 is 0 Å². The molecule has 4 rings (SSSR count). The number of H-pyrrole nitrogens is 1. The Hall–Kier alpha value is -3.24. The van der Waals surface area contributed by atoms with E-state index in [9.17, 15) is 4.39 Å². The Kier molecular flexibility index (Phi) is 5.04. The molecule has 0 fully saturated rings. The van der Waals surface area contributed by atoms with E-state index in [-0.39, 0.29) is 0 Å². The summed E-state index contributed by atoms with van der Waals surface area (Å²) < 4.78 is 14.4. The maximum atomic E-state index is 14.4. The van der Waals surface area contributed by atoms with Crippen LogP contribution in [-0.4, -0.2) is 16.5 Å². The van der Waals surface area contributed by atoms with Gasteiger partial charge in [-0.05, 0) is 23.2 Å². The molecule has 1 aromatic heterocycles. The SMILES string of the molecule is NCCc1nc(F)[nH]c1C(c1ccccc1)(c1ccccc1)c1ccccc1. The minimum absolute atomic E-state index is 0.395. The molecule has 0 radical (unpaired) electrons. The number of hydrogen-bond donors (Lipinski definition) is 2. The van der Waals surface area contributed by atoms with E-state index in [2.05, 4.69) is 46.4 Å². The molecule has 0 bridgehead atoms. The summed E-state index contributed by atoms with van der Waals surface area (Å²) in [7, 11) is 0. The largest absolute Gasteiger partial charge is 0.330 e. The molecule has 3 aromatic carbocycles. The van der Waals surface area contributed by atoms with Gasteiger partial charge in [0.25, 0.3) is 6.08 Å². The zero-order valence-corrected chi connectivity index (χ0v) is 15.5. The minimum Gasteiger partial charge on any atom is -0.330 e. The zero-order chi connectivity index (χ0) is 19.4. The number of benzene rings is 3. The monoisotopic (exact) mass is 371 g/mol. The molecule has 0 aliphatic rings. The third-order valence-corrected chi connectivity index (χ3v) is 5.13. The van der Waals surface area contributed by atoms with Crippen molar-refractivity contribution in [2.75, 3.05) is 6.54 Å². The Morgan fingerprint density at radius 2 is 1.18 bits per heavy atom. The fourth-order valence-corrected chi connectivity index (χ4v) is 4.00. The van der Waals surface area contributed by atoms with Crippen LogP contribution in [0.15, 0.2) is 91.0 Å². The van der Waals surface area contributed by atoms with Crippen LogP contribution < -0.4 is 5.73 Å². The fourth-order valence-electron chi connectivity index (χ4n) is 4.00. The lowest BCUT2D eigenvalue weighted by atomic mass is 9.66. The van der Waals surface area contributed by atoms with Crippen molar-refractivity contribution < 1.29 is 4.39 Å². The molecule has 0 spiro atoms. The first-order valence-corrected chi connectivity index (χ1v) is 9.38. The number of nitrogens with zero attached hydrogens (tertiary/aromatic N) is 1. The standard InChI is InChI=1S/C24H22FN3/c25-23-27-21(16-17-26)22(28-23)24(18-10-4-1-5-11-18,19-12-6-2-7-13-19)20-14-8-3-9-15-20/h1-15H,16-17,26H2,(H,27,28). The van der Waals surface area contributed by atoms with Crippen molar-refractivity contribution in [1.29, 1.82) is 0 Å². The summed E-state index contributed by atoms with van der Waals surface area (Å²) in [5, 5.41) is 0. The first-order chi connectivity index (χ1) is 13.8. The number of halogens is 1. The van der Waals surface area contributed by atoms with Gasteiger partial charge < -0.3 is 10.7 Å². The van der Waals surface area contributed by atoms with Crippen LogP contribution in [0.4, 0.5) is 4.39 Å². The Morgan fingerprint density at radius 3 is 1.57 bits per heavy atom. The normalized spacial score (nSPS) is 11.5. The highest BCUT2D eigenvalue weighted by Gasteiger charge is 2.41. The average Bonchev–Trinajstić information content (AvgIpc) is 3.12. The van der Waals surface area contributed by atoms with Crippen LogP contribution in [0.5, 0.6) is 0 Å². The van der Waals surface area contributed by atoms with Gasteiger partial charge in [-0.1, -0.05) is 91.0 Å². The summed E-state index contributed by atoms with van der Waals surface area (Å²) in [4.78, 5) is 7.07. The Bertz CT molecular complexity index is 931. The van der Waals surface area contributed by atoms with Crippen LogP contribution in [0.3, 0.4) is 0 Å². The second-order valence-corrected chi connectivity index (χ2v) is 6.74. The molecule has 0 aliphatic carbocycles.